The smallest absolute Gasteiger partial charge is 0.260 e. The topological polar surface area (TPSA) is 43.4 Å². The van der Waals surface area contributed by atoms with Gasteiger partial charge >= 0.3 is 15.6 Å². The molecule has 0 rings (SSSR count). The third kappa shape index (κ3) is 4.28. The predicted molar refractivity (Wildman–Crippen MR) is 45.0 cm³/mol. The van der Waals surface area contributed by atoms with Crippen LogP contribution in [-0.4, -0.2) is 20.0 Å². The molecule has 0 aliphatic carbocycles. The molecule has 3 nitrogen and oxygen atoms in total. The van der Waals surface area contributed by atoms with Gasteiger partial charge in [0.2, 0.25) is 0 Å². The van der Waals surface area contributed by atoms with E-state index in [4.69, 9.17) is 0 Å². The van der Waals surface area contributed by atoms with Gasteiger partial charge in [-0.3, -0.25) is 4.18 Å². The summed E-state index contributed by atoms with van der Waals surface area (Å²) in [5.74, 6) is 0. The molecule has 0 aromatic carbocycles. The van der Waals surface area contributed by atoms with Crippen LogP contribution in [0.2, 0.25) is 0 Å². The van der Waals surface area contributed by atoms with Gasteiger partial charge in [-0.2, -0.15) is 21.6 Å². The van der Waals surface area contributed by atoms with Gasteiger partial charge in [-0.15, -0.1) is 0 Å². The first-order valence-corrected chi connectivity index (χ1v) is 5.61. The molecule has 0 heterocycles. The zero-order chi connectivity index (χ0) is 11.4. The lowest BCUT2D eigenvalue weighted by Crippen LogP contribution is -2.28. The fourth-order valence-electron chi connectivity index (χ4n) is 0.811. The molecule has 0 bridgehead atoms. The van der Waals surface area contributed by atoms with Crippen molar-refractivity contribution >= 4 is 10.1 Å². The summed E-state index contributed by atoms with van der Waals surface area (Å²) in [6, 6.07) is 0. The van der Waals surface area contributed by atoms with E-state index in [2.05, 4.69) is 4.18 Å². The molecule has 0 aromatic rings. The molecule has 0 saturated carbocycles. The lowest BCUT2D eigenvalue weighted by Gasteiger charge is -2.13. The first kappa shape index (κ1) is 13.7. The SMILES string of the molecule is CCCCC(C)OS(=O)(=O)C(F)(F)F. The van der Waals surface area contributed by atoms with E-state index in [1.54, 1.807) is 0 Å². The second-order valence-corrected chi connectivity index (χ2v) is 4.51. The van der Waals surface area contributed by atoms with E-state index in [1.165, 1.54) is 6.92 Å². The Balaban J connectivity index is 4.24. The standard InChI is InChI=1S/C7H13F3O3S/c1-3-4-5-6(2)13-14(11,12)7(8,9)10/h6H,3-5H2,1-2H3. The molecule has 1 atom stereocenters. The minimum Gasteiger partial charge on any atom is -0.260 e. The molecule has 0 fully saturated rings. The molecule has 14 heavy (non-hydrogen) atoms. The Bertz CT molecular complexity index is 258. The number of halogens is 3. The molecule has 0 spiro atoms. The largest absolute Gasteiger partial charge is 0.523 e. The van der Waals surface area contributed by atoms with Crippen LogP contribution in [0.25, 0.3) is 0 Å². The van der Waals surface area contributed by atoms with Crippen LogP contribution in [0, 0.1) is 0 Å². The quantitative estimate of drug-likeness (QED) is 0.542. The molecule has 0 aliphatic rings. The van der Waals surface area contributed by atoms with Crippen molar-refractivity contribution in [3.8, 4) is 0 Å². The maximum absolute atomic E-state index is 11.8. The van der Waals surface area contributed by atoms with Crippen LogP contribution in [-0.2, 0) is 14.3 Å². The van der Waals surface area contributed by atoms with Crippen molar-refractivity contribution in [3.05, 3.63) is 0 Å². The van der Waals surface area contributed by atoms with Crippen molar-refractivity contribution in [2.75, 3.05) is 0 Å². The first-order chi connectivity index (χ1) is 6.20. The van der Waals surface area contributed by atoms with Gasteiger partial charge in [0.25, 0.3) is 0 Å². The summed E-state index contributed by atoms with van der Waals surface area (Å²) in [5.41, 5.74) is -5.33. The van der Waals surface area contributed by atoms with E-state index in [9.17, 15) is 21.6 Å². The van der Waals surface area contributed by atoms with Gasteiger partial charge in [-0.25, -0.2) is 0 Å². The molecule has 7 heteroatoms. The summed E-state index contributed by atoms with van der Waals surface area (Å²) in [6.45, 7) is 3.16. The average molecular weight is 234 g/mol. The Morgan fingerprint density at radius 2 is 1.86 bits per heavy atom. The molecular formula is C7H13F3O3S. The Hall–Kier alpha value is -0.300. The molecule has 0 N–H and O–H groups in total. The van der Waals surface area contributed by atoms with E-state index in [0.29, 0.717) is 12.8 Å². The molecule has 86 valence electrons. The van der Waals surface area contributed by atoms with Crippen molar-refractivity contribution in [3.63, 3.8) is 0 Å². The maximum Gasteiger partial charge on any atom is 0.523 e. The average Bonchev–Trinajstić information content (AvgIpc) is 1.97. The lowest BCUT2D eigenvalue weighted by atomic mass is 10.2. The summed E-state index contributed by atoms with van der Waals surface area (Å²) >= 11 is 0. The number of hydrogen-bond acceptors (Lipinski definition) is 3. The van der Waals surface area contributed by atoms with E-state index in [0.717, 1.165) is 6.42 Å². The van der Waals surface area contributed by atoms with Gasteiger partial charge in [0, 0.05) is 0 Å². The molecule has 0 aliphatic heterocycles. The number of alkyl halides is 3. The minimum atomic E-state index is -5.43. The molecule has 0 aromatic heterocycles. The third-order valence-corrected chi connectivity index (χ3v) is 2.69. The monoisotopic (exact) mass is 234 g/mol. The van der Waals surface area contributed by atoms with Crippen LogP contribution in [0.5, 0.6) is 0 Å². The Morgan fingerprint density at radius 1 is 1.36 bits per heavy atom. The summed E-state index contributed by atoms with van der Waals surface area (Å²) < 4.78 is 60.3. The fraction of sp³-hybridized carbons (Fsp3) is 1.00. The molecule has 1 unspecified atom stereocenters. The van der Waals surface area contributed by atoms with E-state index in [-0.39, 0.29) is 0 Å². The van der Waals surface area contributed by atoms with Gasteiger partial charge in [0.15, 0.2) is 0 Å². The fourth-order valence-corrected chi connectivity index (χ4v) is 1.45. The van der Waals surface area contributed by atoms with Crippen LogP contribution in [0.4, 0.5) is 13.2 Å². The van der Waals surface area contributed by atoms with Crippen LogP contribution < -0.4 is 0 Å². The highest BCUT2D eigenvalue weighted by atomic mass is 32.2. The maximum atomic E-state index is 11.8. The highest BCUT2D eigenvalue weighted by Gasteiger charge is 2.48. The van der Waals surface area contributed by atoms with Crippen molar-refractivity contribution in [2.45, 2.75) is 44.7 Å². The summed E-state index contributed by atoms with van der Waals surface area (Å²) in [5, 5.41) is 0. The normalized spacial score (nSPS) is 15.5. The third-order valence-electron chi connectivity index (χ3n) is 1.54. The first-order valence-electron chi connectivity index (χ1n) is 4.20. The molecule has 0 saturated heterocycles. The zero-order valence-corrected chi connectivity index (χ0v) is 8.78. The van der Waals surface area contributed by atoms with Gasteiger partial charge < -0.3 is 0 Å². The summed E-state index contributed by atoms with van der Waals surface area (Å²) in [6.07, 6.45) is 0.779. The molecule has 0 radical (unpaired) electrons. The van der Waals surface area contributed by atoms with Crippen LogP contribution in [0.15, 0.2) is 0 Å². The second kappa shape index (κ2) is 4.97. The van der Waals surface area contributed by atoms with Crippen molar-refractivity contribution in [1.82, 2.24) is 0 Å². The summed E-state index contributed by atoms with van der Waals surface area (Å²) in [7, 11) is -5.43. The number of unbranched alkanes of at least 4 members (excludes halogenated alkanes) is 1. The lowest BCUT2D eigenvalue weighted by molar-refractivity contribution is -0.0570. The van der Waals surface area contributed by atoms with Crippen LogP contribution in [0.3, 0.4) is 0 Å². The number of hydrogen-bond donors (Lipinski definition) is 0. The minimum absolute atomic E-state index is 0.297. The Morgan fingerprint density at radius 3 is 2.21 bits per heavy atom. The second-order valence-electron chi connectivity index (χ2n) is 2.95. The van der Waals surface area contributed by atoms with Crippen LogP contribution >= 0.6 is 0 Å². The van der Waals surface area contributed by atoms with Gasteiger partial charge in [0.1, 0.15) is 0 Å². The zero-order valence-electron chi connectivity index (χ0n) is 7.97. The van der Waals surface area contributed by atoms with Crippen molar-refractivity contribution < 1.29 is 25.8 Å². The highest BCUT2D eigenvalue weighted by Crippen LogP contribution is 2.26. The van der Waals surface area contributed by atoms with Gasteiger partial charge in [-0.05, 0) is 13.3 Å². The molecular weight excluding hydrogens is 221 g/mol. The van der Waals surface area contributed by atoms with Gasteiger partial charge in [0.05, 0.1) is 6.10 Å². The van der Waals surface area contributed by atoms with E-state index >= 15 is 0 Å². The Labute approximate surface area is 81.4 Å². The van der Waals surface area contributed by atoms with Crippen LogP contribution in [0.1, 0.15) is 33.1 Å². The van der Waals surface area contributed by atoms with Crippen molar-refractivity contribution in [2.24, 2.45) is 0 Å². The number of rotatable bonds is 5. The van der Waals surface area contributed by atoms with E-state index in [1.807, 2.05) is 6.92 Å². The van der Waals surface area contributed by atoms with Crippen molar-refractivity contribution in [1.29, 1.82) is 0 Å². The van der Waals surface area contributed by atoms with Gasteiger partial charge in [-0.1, -0.05) is 19.8 Å². The molecule has 0 amide bonds. The predicted octanol–water partition coefficient (Wildman–Crippen LogP) is 2.43. The summed E-state index contributed by atoms with van der Waals surface area (Å²) in [4.78, 5) is 0. The van der Waals surface area contributed by atoms with E-state index < -0.39 is 21.7 Å². The highest BCUT2D eigenvalue weighted by molar-refractivity contribution is 7.87. The Kier molecular flexibility index (Phi) is 4.87.